The standard InChI is InChI=1S/C17H20F3NO3/c18-17(19,20)13-3-1-12(2-4-13)9-21-10-14(15(22)23)16(11-21)5-7-24-8-6-16/h1-4,14H,5-11H2,(H,22,23). The second kappa shape index (κ2) is 6.37. The molecular formula is C17H20F3NO3. The number of hydrogen-bond acceptors (Lipinski definition) is 3. The number of alkyl halides is 3. The van der Waals surface area contributed by atoms with Crippen molar-refractivity contribution in [2.75, 3.05) is 26.3 Å². The fourth-order valence-corrected chi connectivity index (χ4v) is 3.87. The topological polar surface area (TPSA) is 49.8 Å². The Balaban J connectivity index is 1.71. The van der Waals surface area contributed by atoms with Gasteiger partial charge in [-0.3, -0.25) is 9.69 Å². The summed E-state index contributed by atoms with van der Waals surface area (Å²) in [6.07, 6.45) is -2.91. The third-order valence-corrected chi connectivity index (χ3v) is 5.19. The van der Waals surface area contributed by atoms with Crippen LogP contribution in [0.4, 0.5) is 13.2 Å². The van der Waals surface area contributed by atoms with Crippen molar-refractivity contribution in [3.8, 4) is 0 Å². The molecule has 2 aliphatic heterocycles. The van der Waals surface area contributed by atoms with Crippen LogP contribution < -0.4 is 0 Å². The highest BCUT2D eigenvalue weighted by Gasteiger charge is 2.50. The highest BCUT2D eigenvalue weighted by molar-refractivity contribution is 5.72. The number of carbonyl (C=O) groups is 1. The second-order valence-corrected chi connectivity index (χ2v) is 6.73. The first-order valence-corrected chi connectivity index (χ1v) is 7.99. The number of nitrogens with zero attached hydrogens (tertiary/aromatic N) is 1. The first-order valence-electron chi connectivity index (χ1n) is 7.99. The number of likely N-dealkylation sites (tertiary alicyclic amines) is 1. The summed E-state index contributed by atoms with van der Waals surface area (Å²) in [5, 5.41) is 9.55. The number of carboxylic acids is 1. The van der Waals surface area contributed by atoms with E-state index in [1.54, 1.807) is 0 Å². The van der Waals surface area contributed by atoms with E-state index in [1.807, 2.05) is 4.90 Å². The molecule has 3 rings (SSSR count). The number of ether oxygens (including phenoxy) is 1. The van der Waals surface area contributed by atoms with E-state index in [2.05, 4.69) is 0 Å². The van der Waals surface area contributed by atoms with Gasteiger partial charge in [-0.1, -0.05) is 12.1 Å². The number of rotatable bonds is 3. The van der Waals surface area contributed by atoms with Crippen LogP contribution in [0.3, 0.4) is 0 Å². The summed E-state index contributed by atoms with van der Waals surface area (Å²) in [6.45, 7) is 2.67. The normalized spacial score (nSPS) is 24.4. The SMILES string of the molecule is O=C(O)C1CN(Cc2ccc(C(F)(F)F)cc2)CC12CCOCC2. The molecule has 1 aromatic carbocycles. The van der Waals surface area contributed by atoms with Crippen LogP contribution in [0.5, 0.6) is 0 Å². The van der Waals surface area contributed by atoms with Gasteiger partial charge in [0.1, 0.15) is 0 Å². The average molecular weight is 343 g/mol. The first kappa shape index (κ1) is 17.2. The lowest BCUT2D eigenvalue weighted by Crippen LogP contribution is -2.40. The Morgan fingerprint density at radius 1 is 1.25 bits per heavy atom. The maximum Gasteiger partial charge on any atom is 0.416 e. The highest BCUT2D eigenvalue weighted by Crippen LogP contribution is 2.44. The molecule has 0 aromatic heterocycles. The Bertz CT molecular complexity index is 594. The molecule has 0 radical (unpaired) electrons. The van der Waals surface area contributed by atoms with Gasteiger partial charge in [0.2, 0.25) is 0 Å². The maximum atomic E-state index is 12.6. The molecule has 7 heteroatoms. The van der Waals surface area contributed by atoms with E-state index in [1.165, 1.54) is 12.1 Å². The van der Waals surface area contributed by atoms with Crippen molar-refractivity contribution in [2.45, 2.75) is 25.6 Å². The van der Waals surface area contributed by atoms with E-state index in [4.69, 9.17) is 4.74 Å². The van der Waals surface area contributed by atoms with Gasteiger partial charge in [-0.2, -0.15) is 13.2 Å². The smallest absolute Gasteiger partial charge is 0.416 e. The van der Waals surface area contributed by atoms with Crippen molar-refractivity contribution in [3.63, 3.8) is 0 Å². The number of carboxylic acid groups (broad SMARTS) is 1. The highest BCUT2D eigenvalue weighted by atomic mass is 19.4. The summed E-state index contributed by atoms with van der Waals surface area (Å²) < 4.78 is 43.2. The zero-order chi connectivity index (χ0) is 17.4. The Morgan fingerprint density at radius 3 is 2.42 bits per heavy atom. The molecule has 0 bridgehead atoms. The molecule has 2 fully saturated rings. The minimum Gasteiger partial charge on any atom is -0.481 e. The minimum absolute atomic E-state index is 0.282. The van der Waals surface area contributed by atoms with Crippen LogP contribution >= 0.6 is 0 Å². The first-order chi connectivity index (χ1) is 11.3. The summed E-state index contributed by atoms with van der Waals surface area (Å²) in [5.41, 5.74) is -0.191. The monoisotopic (exact) mass is 343 g/mol. The Kier molecular flexibility index (Phi) is 4.57. The fraction of sp³-hybridized carbons (Fsp3) is 0.588. The molecule has 4 nitrogen and oxygen atoms in total. The van der Waals surface area contributed by atoms with E-state index in [0.29, 0.717) is 45.7 Å². The quantitative estimate of drug-likeness (QED) is 0.917. The van der Waals surface area contributed by atoms with Crippen molar-refractivity contribution >= 4 is 5.97 Å². The molecule has 2 aliphatic rings. The molecule has 2 saturated heterocycles. The summed E-state index contributed by atoms with van der Waals surface area (Å²) in [4.78, 5) is 13.7. The van der Waals surface area contributed by atoms with Crippen LogP contribution in [0, 0.1) is 11.3 Å². The summed E-state index contributed by atoms with van der Waals surface area (Å²) in [6, 6.07) is 5.08. The van der Waals surface area contributed by atoms with Crippen LogP contribution in [-0.4, -0.2) is 42.3 Å². The minimum atomic E-state index is -4.34. The van der Waals surface area contributed by atoms with Gasteiger partial charge in [0, 0.05) is 38.3 Å². The van der Waals surface area contributed by atoms with Gasteiger partial charge in [-0.15, -0.1) is 0 Å². The Hall–Kier alpha value is -1.60. The Morgan fingerprint density at radius 2 is 1.88 bits per heavy atom. The fourth-order valence-electron chi connectivity index (χ4n) is 3.87. The van der Waals surface area contributed by atoms with E-state index < -0.39 is 23.6 Å². The lowest BCUT2D eigenvalue weighted by atomic mass is 9.72. The molecule has 132 valence electrons. The van der Waals surface area contributed by atoms with E-state index >= 15 is 0 Å². The van der Waals surface area contributed by atoms with Crippen molar-refractivity contribution in [1.29, 1.82) is 0 Å². The summed E-state index contributed by atoms with van der Waals surface area (Å²) in [7, 11) is 0. The van der Waals surface area contributed by atoms with Crippen molar-refractivity contribution in [2.24, 2.45) is 11.3 Å². The number of aliphatic carboxylic acids is 1. The summed E-state index contributed by atoms with van der Waals surface area (Å²) in [5.74, 6) is -1.25. The molecule has 1 N–H and O–H groups in total. The average Bonchev–Trinajstić information content (AvgIpc) is 2.85. The van der Waals surface area contributed by atoms with Crippen molar-refractivity contribution in [1.82, 2.24) is 4.90 Å². The third kappa shape index (κ3) is 3.42. The molecule has 24 heavy (non-hydrogen) atoms. The third-order valence-electron chi connectivity index (χ3n) is 5.19. The maximum absolute atomic E-state index is 12.6. The number of halogens is 3. The van der Waals surface area contributed by atoms with Gasteiger partial charge >= 0.3 is 12.1 Å². The second-order valence-electron chi connectivity index (χ2n) is 6.73. The predicted molar refractivity (Wildman–Crippen MR) is 80.3 cm³/mol. The largest absolute Gasteiger partial charge is 0.481 e. The van der Waals surface area contributed by atoms with Crippen LogP contribution in [0.2, 0.25) is 0 Å². The van der Waals surface area contributed by atoms with E-state index in [-0.39, 0.29) is 5.41 Å². The van der Waals surface area contributed by atoms with Crippen LogP contribution in [0.15, 0.2) is 24.3 Å². The molecular weight excluding hydrogens is 323 g/mol. The van der Waals surface area contributed by atoms with Crippen molar-refractivity contribution < 1.29 is 27.8 Å². The van der Waals surface area contributed by atoms with Crippen LogP contribution in [-0.2, 0) is 22.3 Å². The summed E-state index contributed by atoms with van der Waals surface area (Å²) >= 11 is 0. The molecule has 0 saturated carbocycles. The van der Waals surface area contributed by atoms with Gasteiger partial charge in [-0.05, 0) is 30.5 Å². The lowest BCUT2D eigenvalue weighted by molar-refractivity contribution is -0.147. The molecule has 2 heterocycles. The molecule has 0 aliphatic carbocycles. The van der Waals surface area contributed by atoms with Crippen LogP contribution in [0.25, 0.3) is 0 Å². The Labute approximate surface area is 138 Å². The molecule has 1 spiro atoms. The lowest BCUT2D eigenvalue weighted by Gasteiger charge is -2.36. The zero-order valence-corrected chi connectivity index (χ0v) is 13.2. The predicted octanol–water partition coefficient (Wildman–Crippen LogP) is 3.02. The van der Waals surface area contributed by atoms with Gasteiger partial charge in [-0.25, -0.2) is 0 Å². The zero-order valence-electron chi connectivity index (χ0n) is 13.2. The molecule has 0 amide bonds. The van der Waals surface area contributed by atoms with Crippen LogP contribution in [0.1, 0.15) is 24.0 Å². The van der Waals surface area contributed by atoms with E-state index in [9.17, 15) is 23.1 Å². The molecule has 1 unspecified atom stereocenters. The van der Waals surface area contributed by atoms with Gasteiger partial charge in [0.15, 0.2) is 0 Å². The van der Waals surface area contributed by atoms with Crippen molar-refractivity contribution in [3.05, 3.63) is 35.4 Å². The van der Waals surface area contributed by atoms with Gasteiger partial charge in [0.05, 0.1) is 11.5 Å². The van der Waals surface area contributed by atoms with Gasteiger partial charge < -0.3 is 9.84 Å². The van der Waals surface area contributed by atoms with Gasteiger partial charge in [0.25, 0.3) is 0 Å². The number of benzene rings is 1. The number of hydrogen-bond donors (Lipinski definition) is 1. The van der Waals surface area contributed by atoms with E-state index in [0.717, 1.165) is 17.7 Å². The molecule has 1 atom stereocenters. The molecule has 1 aromatic rings.